The summed E-state index contributed by atoms with van der Waals surface area (Å²) in [5, 5.41) is 0. The van der Waals surface area contributed by atoms with Gasteiger partial charge in [-0.25, -0.2) is 0 Å². The van der Waals surface area contributed by atoms with Crippen LogP contribution >= 0.6 is 0 Å². The van der Waals surface area contributed by atoms with Gasteiger partial charge in [0.05, 0.1) is 0 Å². The average Bonchev–Trinajstić information content (AvgIpc) is 2.09. The van der Waals surface area contributed by atoms with Gasteiger partial charge >= 0.3 is 0 Å². The summed E-state index contributed by atoms with van der Waals surface area (Å²) in [6.07, 6.45) is 1.09. The van der Waals surface area contributed by atoms with Gasteiger partial charge in [-0.05, 0) is 6.42 Å². The third-order valence-electron chi connectivity index (χ3n) is 2.09. The molecule has 1 saturated heterocycles. The van der Waals surface area contributed by atoms with Crippen LogP contribution in [0.3, 0.4) is 0 Å². The molecular weight excluding hydrogens is 174 g/mol. The lowest BCUT2D eigenvalue weighted by Gasteiger charge is -2.25. The van der Waals surface area contributed by atoms with Gasteiger partial charge in [-0.15, -0.1) is 0 Å². The minimum absolute atomic E-state index is 0.541. The summed E-state index contributed by atoms with van der Waals surface area (Å²) in [6.45, 7) is 3.91. The van der Waals surface area contributed by atoms with Crippen LogP contribution in [0.15, 0.2) is 0 Å². The first-order chi connectivity index (χ1) is 5.83. The van der Waals surface area contributed by atoms with E-state index in [1.54, 1.807) is 7.11 Å². The summed E-state index contributed by atoms with van der Waals surface area (Å²) in [7, 11) is 1.19. The van der Waals surface area contributed by atoms with Crippen LogP contribution in [-0.4, -0.2) is 54.0 Å². The molecule has 1 aliphatic heterocycles. The standard InChI is InChI=1S/C8H17NO2S/c1-11-6-2-3-9-4-7-12(10)8-5-9/h2-8H2,1H3. The molecule has 0 aliphatic carbocycles. The second-order valence-electron chi connectivity index (χ2n) is 3.04. The molecule has 0 bridgehead atoms. The fourth-order valence-electron chi connectivity index (χ4n) is 1.33. The van der Waals surface area contributed by atoms with Crippen LogP contribution in [0, 0.1) is 0 Å². The van der Waals surface area contributed by atoms with Gasteiger partial charge in [0.1, 0.15) is 0 Å². The van der Waals surface area contributed by atoms with Crippen molar-refractivity contribution in [2.45, 2.75) is 6.42 Å². The number of rotatable bonds is 4. The fraction of sp³-hybridized carbons (Fsp3) is 1.00. The maximum atomic E-state index is 11.0. The van der Waals surface area contributed by atoms with Crippen LogP contribution < -0.4 is 0 Å². The highest BCUT2D eigenvalue weighted by Gasteiger charge is 2.13. The monoisotopic (exact) mass is 191 g/mol. The molecule has 1 fully saturated rings. The van der Waals surface area contributed by atoms with E-state index in [0.717, 1.165) is 44.2 Å². The number of methoxy groups -OCH3 is 1. The molecule has 1 rings (SSSR count). The Kier molecular flexibility index (Phi) is 4.80. The van der Waals surface area contributed by atoms with Gasteiger partial charge in [0, 0.05) is 55.7 Å². The van der Waals surface area contributed by atoms with Crippen LogP contribution in [0.25, 0.3) is 0 Å². The summed E-state index contributed by atoms with van der Waals surface area (Å²) in [6, 6.07) is 0. The number of nitrogens with zero attached hydrogens (tertiary/aromatic N) is 1. The molecule has 12 heavy (non-hydrogen) atoms. The Labute approximate surface area is 76.5 Å². The Hall–Kier alpha value is 0.0700. The maximum Gasteiger partial charge on any atom is 0.0474 e. The SMILES string of the molecule is COCCCN1CCS(=O)CC1. The third kappa shape index (κ3) is 3.65. The summed E-state index contributed by atoms with van der Waals surface area (Å²) in [5.41, 5.74) is 0. The zero-order valence-electron chi connectivity index (χ0n) is 7.62. The van der Waals surface area contributed by atoms with E-state index < -0.39 is 10.8 Å². The Bertz CT molecular complexity index is 142. The van der Waals surface area contributed by atoms with Gasteiger partial charge in [-0.3, -0.25) is 4.21 Å². The zero-order valence-corrected chi connectivity index (χ0v) is 8.44. The zero-order chi connectivity index (χ0) is 8.81. The molecule has 0 saturated carbocycles. The van der Waals surface area contributed by atoms with E-state index >= 15 is 0 Å². The Morgan fingerprint density at radius 3 is 2.67 bits per heavy atom. The van der Waals surface area contributed by atoms with E-state index in [4.69, 9.17) is 4.74 Å². The first kappa shape index (κ1) is 10.2. The summed E-state index contributed by atoms with van der Waals surface area (Å²) in [5.74, 6) is 1.71. The van der Waals surface area contributed by atoms with Crippen molar-refractivity contribution in [3.8, 4) is 0 Å². The van der Waals surface area contributed by atoms with E-state index in [1.165, 1.54) is 0 Å². The maximum absolute atomic E-state index is 11.0. The van der Waals surface area contributed by atoms with E-state index in [-0.39, 0.29) is 0 Å². The van der Waals surface area contributed by atoms with Crippen LogP contribution in [-0.2, 0) is 15.5 Å². The normalized spacial score (nSPS) is 21.4. The lowest BCUT2D eigenvalue weighted by atomic mass is 10.4. The molecule has 0 amide bonds. The molecular formula is C8H17NO2S. The smallest absolute Gasteiger partial charge is 0.0474 e. The van der Waals surface area contributed by atoms with Crippen molar-refractivity contribution >= 4 is 10.8 Å². The van der Waals surface area contributed by atoms with Crippen molar-refractivity contribution in [3.05, 3.63) is 0 Å². The van der Waals surface area contributed by atoms with Gasteiger partial charge in [-0.2, -0.15) is 0 Å². The average molecular weight is 191 g/mol. The second-order valence-corrected chi connectivity index (χ2v) is 4.73. The molecule has 3 nitrogen and oxygen atoms in total. The van der Waals surface area contributed by atoms with Crippen molar-refractivity contribution in [2.75, 3.05) is 44.9 Å². The molecule has 1 heterocycles. The van der Waals surface area contributed by atoms with E-state index in [1.807, 2.05) is 0 Å². The van der Waals surface area contributed by atoms with E-state index in [0.29, 0.717) is 0 Å². The van der Waals surface area contributed by atoms with Crippen molar-refractivity contribution < 1.29 is 8.95 Å². The molecule has 0 aromatic heterocycles. The largest absolute Gasteiger partial charge is 0.385 e. The van der Waals surface area contributed by atoms with E-state index in [9.17, 15) is 4.21 Å². The third-order valence-corrected chi connectivity index (χ3v) is 3.37. The van der Waals surface area contributed by atoms with E-state index in [2.05, 4.69) is 4.90 Å². The quantitative estimate of drug-likeness (QED) is 0.590. The molecule has 4 heteroatoms. The van der Waals surface area contributed by atoms with Crippen molar-refractivity contribution in [1.29, 1.82) is 0 Å². The Balaban J connectivity index is 2.05. The molecule has 0 spiro atoms. The van der Waals surface area contributed by atoms with Crippen LogP contribution in [0.5, 0.6) is 0 Å². The summed E-state index contributed by atoms with van der Waals surface area (Å²) >= 11 is 0. The fourth-order valence-corrected chi connectivity index (χ4v) is 2.46. The lowest BCUT2D eigenvalue weighted by Crippen LogP contribution is -2.38. The molecule has 0 radical (unpaired) electrons. The number of ether oxygens (including phenoxy) is 1. The van der Waals surface area contributed by atoms with Crippen LogP contribution in [0.4, 0.5) is 0 Å². The van der Waals surface area contributed by atoms with Gasteiger partial charge < -0.3 is 9.64 Å². The number of hydrogen-bond donors (Lipinski definition) is 0. The summed E-state index contributed by atoms with van der Waals surface area (Å²) < 4.78 is 16.0. The Morgan fingerprint density at radius 1 is 1.42 bits per heavy atom. The second kappa shape index (κ2) is 5.67. The Morgan fingerprint density at radius 2 is 2.08 bits per heavy atom. The highest BCUT2D eigenvalue weighted by Crippen LogP contribution is 2.00. The van der Waals surface area contributed by atoms with Crippen molar-refractivity contribution in [2.24, 2.45) is 0 Å². The molecule has 0 atom stereocenters. The van der Waals surface area contributed by atoms with Gasteiger partial charge in [0.2, 0.25) is 0 Å². The van der Waals surface area contributed by atoms with Gasteiger partial charge in [-0.1, -0.05) is 0 Å². The minimum atomic E-state index is -0.541. The molecule has 0 N–H and O–H groups in total. The van der Waals surface area contributed by atoms with Gasteiger partial charge in [0.15, 0.2) is 0 Å². The lowest BCUT2D eigenvalue weighted by molar-refractivity contribution is 0.175. The van der Waals surface area contributed by atoms with Crippen molar-refractivity contribution in [3.63, 3.8) is 0 Å². The molecule has 0 aromatic carbocycles. The molecule has 0 aromatic rings. The highest BCUT2D eigenvalue weighted by molar-refractivity contribution is 7.85. The molecule has 1 aliphatic rings. The molecule has 0 unspecified atom stereocenters. The van der Waals surface area contributed by atoms with Crippen LogP contribution in [0.1, 0.15) is 6.42 Å². The molecule has 72 valence electrons. The highest BCUT2D eigenvalue weighted by atomic mass is 32.2. The first-order valence-corrected chi connectivity index (χ1v) is 5.88. The minimum Gasteiger partial charge on any atom is -0.385 e. The number of hydrogen-bond acceptors (Lipinski definition) is 3. The summed E-state index contributed by atoms with van der Waals surface area (Å²) in [4.78, 5) is 2.36. The van der Waals surface area contributed by atoms with Crippen molar-refractivity contribution in [1.82, 2.24) is 4.90 Å². The van der Waals surface area contributed by atoms with Crippen LogP contribution in [0.2, 0.25) is 0 Å². The predicted octanol–water partition coefficient (Wildman–Crippen LogP) is 0.0872. The first-order valence-electron chi connectivity index (χ1n) is 4.39. The topological polar surface area (TPSA) is 29.5 Å². The van der Waals surface area contributed by atoms with Gasteiger partial charge in [0.25, 0.3) is 0 Å². The predicted molar refractivity (Wildman–Crippen MR) is 50.8 cm³/mol.